The molecule has 0 radical (unpaired) electrons. The van der Waals surface area contributed by atoms with Gasteiger partial charge in [0, 0.05) is 60.9 Å². The number of piperazine rings is 1. The minimum atomic E-state index is -1.15. The molecular formula is C23H34N10O5S. The largest absolute Gasteiger partial charge is 0.477 e. The van der Waals surface area contributed by atoms with Crippen LogP contribution in [0.1, 0.15) is 20.3 Å². The highest BCUT2D eigenvalue weighted by molar-refractivity contribution is 8.03. The quantitative estimate of drug-likeness (QED) is 0.194. The van der Waals surface area contributed by atoms with Crippen molar-refractivity contribution in [1.29, 1.82) is 0 Å². The first-order chi connectivity index (χ1) is 18.7. The number of amides is 3. The fourth-order valence-electron chi connectivity index (χ4n) is 6.05. The topological polar surface area (TPSA) is 201 Å². The zero-order chi connectivity index (χ0) is 27.8. The summed E-state index contributed by atoms with van der Waals surface area (Å²) in [5.41, 5.74) is 5.78. The van der Waals surface area contributed by atoms with E-state index < -0.39 is 17.9 Å². The van der Waals surface area contributed by atoms with Crippen LogP contribution in [0.4, 0.5) is 0 Å². The molecule has 0 saturated carbocycles. The van der Waals surface area contributed by atoms with Gasteiger partial charge in [-0.2, -0.15) is 0 Å². The standard InChI is InChI=1S/C23H34N10O5S/c1-11-18-17(12(2)28-16(34)9-32-10-27-29-30-32)22(36)33(18)19(23(37)38)20(11)39-14-5-15(26-7-14)21(35)31-4-3-25-13(6-24)8-31/h10-15,17-18,25-26H,3-9,24H2,1-2H3,(H,28,34)(H,37,38)/t11-,12-,13+,14+,15+,17-,18-/m1/s1. The lowest BCUT2D eigenvalue weighted by Gasteiger charge is -2.47. The summed E-state index contributed by atoms with van der Waals surface area (Å²) < 4.78 is 1.28. The van der Waals surface area contributed by atoms with E-state index in [9.17, 15) is 24.3 Å². The van der Waals surface area contributed by atoms with Gasteiger partial charge in [-0.1, -0.05) is 6.92 Å². The number of hydrogen-bond acceptors (Lipinski definition) is 11. The molecule has 0 unspecified atom stereocenters. The minimum absolute atomic E-state index is 0.00800. The molecule has 1 aromatic rings. The molecule has 0 spiro atoms. The summed E-state index contributed by atoms with van der Waals surface area (Å²) in [4.78, 5) is 54.8. The molecule has 0 bridgehead atoms. The van der Waals surface area contributed by atoms with Gasteiger partial charge >= 0.3 is 5.97 Å². The normalized spacial score (nSPS) is 31.2. The van der Waals surface area contributed by atoms with Crippen molar-refractivity contribution in [2.24, 2.45) is 17.6 Å². The van der Waals surface area contributed by atoms with E-state index in [1.807, 2.05) is 11.8 Å². The van der Waals surface area contributed by atoms with Crippen LogP contribution in [0.2, 0.25) is 0 Å². The molecule has 3 saturated heterocycles. The average Bonchev–Trinajstić information content (AvgIpc) is 3.64. The Morgan fingerprint density at radius 2 is 2.13 bits per heavy atom. The number of aromatic nitrogens is 4. The molecule has 15 nitrogen and oxygen atoms in total. The molecule has 3 amide bonds. The van der Waals surface area contributed by atoms with Gasteiger partial charge in [-0.15, -0.1) is 16.9 Å². The Morgan fingerprint density at radius 1 is 1.33 bits per heavy atom. The van der Waals surface area contributed by atoms with Gasteiger partial charge in [-0.05, 0) is 23.8 Å². The van der Waals surface area contributed by atoms with Gasteiger partial charge in [-0.25, -0.2) is 9.48 Å². The third kappa shape index (κ3) is 5.25. The number of hydrogen-bond donors (Lipinski definition) is 5. The van der Waals surface area contributed by atoms with Crippen molar-refractivity contribution in [3.8, 4) is 0 Å². The zero-order valence-corrected chi connectivity index (χ0v) is 22.6. The number of β-lactam (4-membered cyclic amide) rings is 1. The van der Waals surface area contributed by atoms with Crippen molar-refractivity contribution in [3.05, 3.63) is 16.9 Å². The third-order valence-corrected chi connectivity index (χ3v) is 9.46. The van der Waals surface area contributed by atoms with Crippen LogP contribution in [0.3, 0.4) is 0 Å². The van der Waals surface area contributed by atoms with Crippen LogP contribution in [0.5, 0.6) is 0 Å². The van der Waals surface area contributed by atoms with Crippen molar-refractivity contribution in [2.75, 3.05) is 32.7 Å². The van der Waals surface area contributed by atoms with E-state index in [2.05, 4.69) is 31.5 Å². The zero-order valence-electron chi connectivity index (χ0n) is 21.8. The van der Waals surface area contributed by atoms with Gasteiger partial charge in [0.05, 0.1) is 18.0 Å². The van der Waals surface area contributed by atoms with Crippen LogP contribution in [0.25, 0.3) is 0 Å². The minimum Gasteiger partial charge on any atom is -0.477 e. The lowest BCUT2D eigenvalue weighted by molar-refractivity contribution is -0.158. The number of aliphatic carboxylic acids is 1. The Bertz CT molecular complexity index is 1160. The summed E-state index contributed by atoms with van der Waals surface area (Å²) in [7, 11) is 0. The highest BCUT2D eigenvalue weighted by Gasteiger charge is 2.60. The maximum absolute atomic E-state index is 13.1. The van der Waals surface area contributed by atoms with Crippen LogP contribution < -0.4 is 21.7 Å². The van der Waals surface area contributed by atoms with E-state index in [0.717, 1.165) is 0 Å². The van der Waals surface area contributed by atoms with Gasteiger partial charge < -0.3 is 36.6 Å². The number of carboxylic acid groups (broad SMARTS) is 1. The van der Waals surface area contributed by atoms with Crippen molar-refractivity contribution in [1.82, 2.24) is 46.0 Å². The molecule has 0 aromatic carbocycles. The lowest BCUT2D eigenvalue weighted by atomic mass is 9.78. The number of nitrogens with zero attached hydrogens (tertiary/aromatic N) is 6. The van der Waals surface area contributed by atoms with E-state index in [1.165, 1.54) is 27.7 Å². The Hall–Kier alpha value is -3.08. The van der Waals surface area contributed by atoms with Gasteiger partial charge in [0.25, 0.3) is 0 Å². The van der Waals surface area contributed by atoms with Crippen molar-refractivity contribution < 1.29 is 24.3 Å². The third-order valence-electron chi connectivity index (χ3n) is 7.95. The molecule has 4 aliphatic rings. The predicted octanol–water partition coefficient (Wildman–Crippen LogP) is -2.83. The monoisotopic (exact) mass is 562 g/mol. The van der Waals surface area contributed by atoms with Gasteiger partial charge in [-0.3, -0.25) is 14.4 Å². The molecule has 4 aliphatic heterocycles. The van der Waals surface area contributed by atoms with E-state index in [0.29, 0.717) is 44.0 Å². The van der Waals surface area contributed by atoms with E-state index in [1.54, 1.807) is 6.92 Å². The summed E-state index contributed by atoms with van der Waals surface area (Å²) in [6.07, 6.45) is 1.89. The Labute approximate surface area is 229 Å². The van der Waals surface area contributed by atoms with Gasteiger partial charge in [0.15, 0.2) is 0 Å². The number of tetrazole rings is 1. The fraction of sp³-hybridized carbons (Fsp3) is 0.696. The number of carbonyl (C=O) groups is 4. The molecule has 0 aliphatic carbocycles. The highest BCUT2D eigenvalue weighted by atomic mass is 32.2. The number of carbonyl (C=O) groups excluding carboxylic acids is 3. The van der Waals surface area contributed by atoms with Crippen LogP contribution in [0, 0.1) is 11.8 Å². The molecule has 3 fully saturated rings. The van der Waals surface area contributed by atoms with Crippen LogP contribution in [-0.4, -0.2) is 121 Å². The maximum atomic E-state index is 13.1. The molecule has 39 heavy (non-hydrogen) atoms. The molecular weight excluding hydrogens is 528 g/mol. The number of rotatable bonds is 9. The summed E-state index contributed by atoms with van der Waals surface area (Å²) in [5.74, 6) is -2.56. The maximum Gasteiger partial charge on any atom is 0.353 e. The summed E-state index contributed by atoms with van der Waals surface area (Å²) in [6.45, 7) is 6.50. The number of nitrogens with one attached hydrogen (secondary N) is 3. The predicted molar refractivity (Wildman–Crippen MR) is 139 cm³/mol. The first kappa shape index (κ1) is 27.5. The van der Waals surface area contributed by atoms with Crippen LogP contribution in [0.15, 0.2) is 16.9 Å². The summed E-state index contributed by atoms with van der Waals surface area (Å²) in [5, 5.41) is 30.1. The molecule has 1 aromatic heterocycles. The molecule has 5 heterocycles. The molecule has 212 valence electrons. The Kier molecular flexibility index (Phi) is 7.89. The second kappa shape index (κ2) is 11.2. The molecule has 7 atom stereocenters. The molecule has 6 N–H and O–H groups in total. The average molecular weight is 563 g/mol. The van der Waals surface area contributed by atoms with E-state index >= 15 is 0 Å². The highest BCUT2D eigenvalue weighted by Crippen LogP contribution is 2.51. The second-order valence-corrected chi connectivity index (χ2v) is 11.8. The molecule has 16 heteroatoms. The summed E-state index contributed by atoms with van der Waals surface area (Å²) >= 11 is 1.44. The first-order valence-electron chi connectivity index (χ1n) is 13.1. The van der Waals surface area contributed by atoms with Crippen molar-refractivity contribution in [3.63, 3.8) is 0 Å². The van der Waals surface area contributed by atoms with E-state index in [-0.39, 0.29) is 59.3 Å². The summed E-state index contributed by atoms with van der Waals surface area (Å²) in [6, 6.07) is -1.13. The Morgan fingerprint density at radius 3 is 2.82 bits per heavy atom. The van der Waals surface area contributed by atoms with Gasteiger partial charge in [0.2, 0.25) is 17.7 Å². The molecule has 5 rings (SSSR count). The van der Waals surface area contributed by atoms with Crippen LogP contribution >= 0.6 is 11.8 Å². The number of carboxylic acids is 1. The fourth-order valence-corrected chi connectivity index (χ4v) is 7.53. The van der Waals surface area contributed by atoms with Crippen molar-refractivity contribution >= 4 is 35.5 Å². The van der Waals surface area contributed by atoms with Gasteiger partial charge in [0.1, 0.15) is 18.6 Å². The smallest absolute Gasteiger partial charge is 0.353 e. The SMILES string of the molecule is C[C@@H](NC(=O)Cn1cnnn1)[C@H]1C(=O)N2C(C(=O)O)=C(S[C@@H]3CN[C@H](C(=O)N4CCN[C@@H](CN)C4)C3)[C@H](C)[C@H]12. The Balaban J connectivity index is 1.22. The number of fused-ring (bicyclic) bond motifs is 1. The number of nitrogens with two attached hydrogens (primary N) is 1. The first-order valence-corrected chi connectivity index (χ1v) is 14.0. The number of thioether (sulfide) groups is 1. The van der Waals surface area contributed by atoms with Crippen LogP contribution in [-0.2, 0) is 25.7 Å². The van der Waals surface area contributed by atoms with E-state index in [4.69, 9.17) is 5.73 Å². The second-order valence-electron chi connectivity index (χ2n) is 10.5. The lowest BCUT2D eigenvalue weighted by Crippen LogP contribution is -2.66. The van der Waals surface area contributed by atoms with Crippen molar-refractivity contribution in [2.45, 2.75) is 56.2 Å².